The molecule has 0 radical (unpaired) electrons. The van der Waals surface area contributed by atoms with Crippen LogP contribution < -0.4 is 0 Å². The molecular formula is C28H42N4O3Si. The maximum absolute atomic E-state index is 12.5. The van der Waals surface area contributed by atoms with Crippen LogP contribution in [0.4, 0.5) is 4.79 Å². The van der Waals surface area contributed by atoms with E-state index >= 15 is 0 Å². The molecule has 2 aromatic heterocycles. The van der Waals surface area contributed by atoms with Gasteiger partial charge in [0.1, 0.15) is 17.8 Å². The van der Waals surface area contributed by atoms with Crippen LogP contribution in [0.25, 0.3) is 22.3 Å². The Bertz CT molecular complexity index is 1150. The molecule has 0 saturated carbocycles. The fourth-order valence-electron chi connectivity index (χ4n) is 4.56. The first-order valence-electron chi connectivity index (χ1n) is 13.3. The van der Waals surface area contributed by atoms with Gasteiger partial charge in [-0.15, -0.1) is 0 Å². The Morgan fingerprint density at radius 2 is 1.92 bits per heavy atom. The molecule has 0 fully saturated rings. The van der Waals surface area contributed by atoms with Gasteiger partial charge in [-0.1, -0.05) is 31.8 Å². The summed E-state index contributed by atoms with van der Waals surface area (Å²) in [6.07, 6.45) is 13.6. The number of amides is 1. The zero-order valence-corrected chi connectivity index (χ0v) is 23.9. The third-order valence-electron chi connectivity index (χ3n) is 6.62. The average molecular weight is 511 g/mol. The van der Waals surface area contributed by atoms with E-state index in [2.05, 4.69) is 42.6 Å². The number of ether oxygens (including phenoxy) is 2. The summed E-state index contributed by atoms with van der Waals surface area (Å²) in [4.78, 5) is 24.3. The zero-order chi connectivity index (χ0) is 25.9. The molecule has 0 atom stereocenters. The molecule has 8 heteroatoms. The molecule has 196 valence electrons. The van der Waals surface area contributed by atoms with E-state index in [4.69, 9.17) is 19.4 Å². The highest BCUT2D eigenvalue weighted by Gasteiger charge is 2.26. The molecule has 0 aromatic carbocycles. The Morgan fingerprint density at radius 1 is 1.11 bits per heavy atom. The SMILES string of the molecule is CC(C)(C)OC(=O)N1CC=C(c2cn(COCC[Si](C)(C)C)c3ncc(C4=CCCCC4)nc23)CC1. The van der Waals surface area contributed by atoms with Crippen molar-refractivity contribution in [3.05, 3.63) is 35.8 Å². The van der Waals surface area contributed by atoms with Crippen LogP contribution in [-0.2, 0) is 16.2 Å². The van der Waals surface area contributed by atoms with Crippen molar-refractivity contribution in [3.63, 3.8) is 0 Å². The van der Waals surface area contributed by atoms with Crippen molar-refractivity contribution in [3.8, 4) is 0 Å². The minimum atomic E-state index is -1.15. The van der Waals surface area contributed by atoms with Gasteiger partial charge in [0, 0.05) is 39.5 Å². The number of fused-ring (bicyclic) bond motifs is 1. The lowest BCUT2D eigenvalue weighted by Crippen LogP contribution is -2.39. The summed E-state index contributed by atoms with van der Waals surface area (Å²) in [6, 6.07) is 1.13. The van der Waals surface area contributed by atoms with Gasteiger partial charge in [0.15, 0.2) is 5.65 Å². The van der Waals surface area contributed by atoms with Gasteiger partial charge in [0.25, 0.3) is 0 Å². The van der Waals surface area contributed by atoms with Gasteiger partial charge in [-0.2, -0.15) is 0 Å². The van der Waals surface area contributed by atoms with E-state index in [1.54, 1.807) is 4.90 Å². The van der Waals surface area contributed by atoms with Gasteiger partial charge < -0.3 is 18.9 Å². The van der Waals surface area contributed by atoms with Crippen molar-refractivity contribution in [2.75, 3.05) is 19.7 Å². The Morgan fingerprint density at radius 3 is 2.56 bits per heavy atom. The molecule has 0 unspecified atom stereocenters. The maximum atomic E-state index is 12.5. The summed E-state index contributed by atoms with van der Waals surface area (Å²) in [5.74, 6) is 0. The van der Waals surface area contributed by atoms with E-state index in [0.29, 0.717) is 19.8 Å². The topological polar surface area (TPSA) is 69.5 Å². The van der Waals surface area contributed by atoms with E-state index in [9.17, 15) is 4.79 Å². The second-order valence-corrected chi connectivity index (χ2v) is 17.8. The van der Waals surface area contributed by atoms with E-state index in [-0.39, 0.29) is 6.09 Å². The van der Waals surface area contributed by atoms with Crippen molar-refractivity contribution >= 4 is 36.5 Å². The minimum absolute atomic E-state index is 0.262. The van der Waals surface area contributed by atoms with Crippen LogP contribution in [0.2, 0.25) is 25.7 Å². The highest BCUT2D eigenvalue weighted by atomic mass is 28.3. The normalized spacial score (nSPS) is 17.2. The Labute approximate surface area is 216 Å². The standard InChI is InChI=1S/C28H42N4O3Si/c1-28(2,3)35-27(33)31-14-12-21(13-15-31)23-19-32(20-34-16-17-36(4,5)6)26-25(23)30-24(18-29-26)22-10-8-7-9-11-22/h10,12,18-19H,7-9,11,13-17,20H2,1-6H3. The monoisotopic (exact) mass is 510 g/mol. The summed E-state index contributed by atoms with van der Waals surface area (Å²) in [5, 5.41) is 0. The van der Waals surface area contributed by atoms with Crippen LogP contribution in [0, 0.1) is 0 Å². The zero-order valence-electron chi connectivity index (χ0n) is 22.9. The predicted octanol–water partition coefficient (Wildman–Crippen LogP) is 6.73. The predicted molar refractivity (Wildman–Crippen MR) is 148 cm³/mol. The second-order valence-electron chi connectivity index (χ2n) is 12.2. The molecule has 0 spiro atoms. The number of rotatable bonds is 7. The van der Waals surface area contributed by atoms with Crippen molar-refractivity contribution in [1.82, 2.24) is 19.4 Å². The first-order valence-corrected chi connectivity index (χ1v) is 17.0. The highest BCUT2D eigenvalue weighted by Crippen LogP contribution is 2.32. The molecule has 1 aliphatic carbocycles. The molecule has 7 nitrogen and oxygen atoms in total. The number of hydrogen-bond acceptors (Lipinski definition) is 5. The van der Waals surface area contributed by atoms with Gasteiger partial charge in [0.05, 0.1) is 11.9 Å². The third kappa shape index (κ3) is 6.85. The first kappa shape index (κ1) is 26.6. The number of carbonyl (C=O) groups excluding carboxylic acids is 1. The summed E-state index contributed by atoms with van der Waals surface area (Å²) in [7, 11) is -1.15. The summed E-state index contributed by atoms with van der Waals surface area (Å²) >= 11 is 0. The summed E-state index contributed by atoms with van der Waals surface area (Å²) < 4.78 is 13.7. The summed E-state index contributed by atoms with van der Waals surface area (Å²) in [5.41, 5.74) is 5.85. The fraction of sp³-hybridized carbons (Fsp3) is 0.607. The molecule has 0 saturated heterocycles. The lowest BCUT2D eigenvalue weighted by Gasteiger charge is -2.29. The van der Waals surface area contributed by atoms with E-state index in [1.807, 2.05) is 27.0 Å². The molecule has 2 aliphatic rings. The number of carbonyl (C=O) groups is 1. The van der Waals surface area contributed by atoms with Gasteiger partial charge in [-0.3, -0.25) is 0 Å². The van der Waals surface area contributed by atoms with E-state index < -0.39 is 13.7 Å². The lowest BCUT2D eigenvalue weighted by atomic mass is 9.97. The Hall–Kier alpha value is -2.45. The number of allylic oxidation sites excluding steroid dienone is 2. The molecule has 4 rings (SSSR count). The molecule has 0 N–H and O–H groups in total. The lowest BCUT2D eigenvalue weighted by molar-refractivity contribution is 0.0270. The van der Waals surface area contributed by atoms with Crippen molar-refractivity contribution < 1.29 is 14.3 Å². The van der Waals surface area contributed by atoms with Gasteiger partial charge in [-0.25, -0.2) is 14.8 Å². The second kappa shape index (κ2) is 10.9. The Kier molecular flexibility index (Phi) is 8.05. The van der Waals surface area contributed by atoms with Crippen LogP contribution in [0.1, 0.15) is 64.1 Å². The largest absolute Gasteiger partial charge is 0.444 e. The average Bonchev–Trinajstić information content (AvgIpc) is 3.19. The van der Waals surface area contributed by atoms with E-state index in [1.165, 1.54) is 24.0 Å². The number of nitrogens with zero attached hydrogens (tertiary/aromatic N) is 4. The van der Waals surface area contributed by atoms with E-state index in [0.717, 1.165) is 54.3 Å². The molecule has 1 amide bonds. The van der Waals surface area contributed by atoms with Crippen LogP contribution >= 0.6 is 0 Å². The van der Waals surface area contributed by atoms with Gasteiger partial charge in [0.2, 0.25) is 0 Å². The minimum Gasteiger partial charge on any atom is -0.444 e. The number of aromatic nitrogens is 3. The molecule has 1 aliphatic heterocycles. The highest BCUT2D eigenvalue weighted by molar-refractivity contribution is 6.76. The van der Waals surface area contributed by atoms with Crippen LogP contribution in [-0.4, -0.2) is 58.9 Å². The van der Waals surface area contributed by atoms with Crippen LogP contribution in [0.3, 0.4) is 0 Å². The quantitative estimate of drug-likeness (QED) is 0.305. The molecule has 36 heavy (non-hydrogen) atoms. The molecule has 2 aromatic rings. The van der Waals surface area contributed by atoms with Gasteiger partial charge >= 0.3 is 6.09 Å². The maximum Gasteiger partial charge on any atom is 0.410 e. The molecular weight excluding hydrogens is 468 g/mol. The fourth-order valence-corrected chi connectivity index (χ4v) is 5.31. The van der Waals surface area contributed by atoms with Crippen LogP contribution in [0.15, 0.2) is 24.5 Å². The van der Waals surface area contributed by atoms with Crippen molar-refractivity contribution in [2.24, 2.45) is 0 Å². The van der Waals surface area contributed by atoms with Crippen molar-refractivity contribution in [2.45, 2.75) is 90.9 Å². The van der Waals surface area contributed by atoms with Gasteiger partial charge in [-0.05, 0) is 70.1 Å². The summed E-state index contributed by atoms with van der Waals surface area (Å²) in [6.45, 7) is 15.2. The number of hydrogen-bond donors (Lipinski definition) is 0. The van der Waals surface area contributed by atoms with Crippen LogP contribution in [0.5, 0.6) is 0 Å². The smallest absolute Gasteiger partial charge is 0.410 e. The first-order chi connectivity index (χ1) is 17.0. The Balaban J connectivity index is 1.60. The van der Waals surface area contributed by atoms with Crippen molar-refractivity contribution in [1.29, 1.82) is 0 Å². The molecule has 0 bridgehead atoms. The molecule has 3 heterocycles. The third-order valence-corrected chi connectivity index (χ3v) is 8.32.